The molecule has 0 fully saturated rings. The number of nitrogens with one attached hydrogen (secondary N) is 1. The quantitative estimate of drug-likeness (QED) is 0.775. The van der Waals surface area contributed by atoms with Crippen molar-refractivity contribution >= 4 is 22.9 Å². The van der Waals surface area contributed by atoms with E-state index in [2.05, 4.69) is 27.0 Å². The van der Waals surface area contributed by atoms with Gasteiger partial charge < -0.3 is 9.30 Å². The molecule has 5 nitrogen and oxygen atoms in total. The van der Waals surface area contributed by atoms with Gasteiger partial charge in [0.25, 0.3) is 0 Å². The SMILES string of the molecule is CC(C)(C)OC(=O)Nc1ccc2c(ccn2Cc2ccccc2)n1. The minimum atomic E-state index is -0.535. The zero-order valence-corrected chi connectivity index (χ0v) is 14.1. The summed E-state index contributed by atoms with van der Waals surface area (Å²) in [6.07, 6.45) is 1.50. The van der Waals surface area contributed by atoms with Crippen molar-refractivity contribution in [3.05, 3.63) is 60.3 Å². The lowest BCUT2D eigenvalue weighted by Gasteiger charge is -2.19. The molecule has 5 heteroatoms. The summed E-state index contributed by atoms with van der Waals surface area (Å²) in [5.41, 5.74) is 2.55. The van der Waals surface area contributed by atoms with Crippen LogP contribution in [0.1, 0.15) is 26.3 Å². The van der Waals surface area contributed by atoms with Crippen LogP contribution in [0, 0.1) is 0 Å². The average Bonchev–Trinajstić information content (AvgIpc) is 2.89. The fraction of sp³-hybridized carbons (Fsp3) is 0.263. The molecule has 0 unspecified atom stereocenters. The third-order valence-corrected chi connectivity index (χ3v) is 3.45. The molecule has 0 saturated carbocycles. The largest absolute Gasteiger partial charge is 0.444 e. The highest BCUT2D eigenvalue weighted by molar-refractivity contribution is 5.86. The number of fused-ring (bicyclic) bond motifs is 1. The van der Waals surface area contributed by atoms with Crippen LogP contribution in [0.25, 0.3) is 11.0 Å². The van der Waals surface area contributed by atoms with Crippen LogP contribution in [0.2, 0.25) is 0 Å². The number of rotatable bonds is 3. The Balaban J connectivity index is 1.77. The molecule has 0 bridgehead atoms. The van der Waals surface area contributed by atoms with Crippen LogP contribution in [0.15, 0.2) is 54.7 Å². The van der Waals surface area contributed by atoms with Crippen molar-refractivity contribution in [2.75, 3.05) is 5.32 Å². The maximum Gasteiger partial charge on any atom is 0.413 e. The topological polar surface area (TPSA) is 56.1 Å². The van der Waals surface area contributed by atoms with Gasteiger partial charge in [0.1, 0.15) is 11.4 Å². The van der Waals surface area contributed by atoms with Gasteiger partial charge in [-0.15, -0.1) is 0 Å². The van der Waals surface area contributed by atoms with Crippen LogP contribution in [-0.4, -0.2) is 21.2 Å². The summed E-state index contributed by atoms with van der Waals surface area (Å²) < 4.78 is 7.38. The summed E-state index contributed by atoms with van der Waals surface area (Å²) in [7, 11) is 0. The van der Waals surface area contributed by atoms with Crippen LogP contribution in [0.5, 0.6) is 0 Å². The fourth-order valence-corrected chi connectivity index (χ4v) is 2.47. The van der Waals surface area contributed by atoms with Crippen molar-refractivity contribution < 1.29 is 9.53 Å². The molecule has 1 aromatic carbocycles. The minimum absolute atomic E-state index is 0.481. The van der Waals surface area contributed by atoms with Gasteiger partial charge in [0, 0.05) is 12.7 Å². The van der Waals surface area contributed by atoms with Crippen LogP contribution >= 0.6 is 0 Å². The number of aromatic nitrogens is 2. The minimum Gasteiger partial charge on any atom is -0.444 e. The number of pyridine rings is 1. The van der Waals surface area contributed by atoms with Gasteiger partial charge in [0.2, 0.25) is 0 Å². The van der Waals surface area contributed by atoms with E-state index in [0.29, 0.717) is 5.82 Å². The molecule has 1 N–H and O–H groups in total. The Bertz CT molecular complexity index is 848. The van der Waals surface area contributed by atoms with E-state index < -0.39 is 11.7 Å². The van der Waals surface area contributed by atoms with Crippen LogP contribution < -0.4 is 5.32 Å². The molecule has 0 aliphatic heterocycles. The molecule has 0 aliphatic rings. The number of hydrogen-bond donors (Lipinski definition) is 1. The van der Waals surface area contributed by atoms with Gasteiger partial charge in [-0.25, -0.2) is 9.78 Å². The Labute approximate surface area is 141 Å². The number of anilines is 1. The van der Waals surface area contributed by atoms with E-state index in [1.165, 1.54) is 5.56 Å². The molecule has 1 amide bonds. The van der Waals surface area contributed by atoms with E-state index in [1.54, 1.807) is 6.07 Å². The van der Waals surface area contributed by atoms with Crippen molar-refractivity contribution in [3.8, 4) is 0 Å². The Morgan fingerprint density at radius 3 is 2.58 bits per heavy atom. The molecule has 0 spiro atoms. The molecule has 124 valence electrons. The number of hydrogen-bond acceptors (Lipinski definition) is 3. The smallest absolute Gasteiger partial charge is 0.413 e. The molecule has 0 aliphatic carbocycles. The first-order valence-electron chi connectivity index (χ1n) is 7.90. The van der Waals surface area contributed by atoms with Crippen molar-refractivity contribution in [3.63, 3.8) is 0 Å². The zero-order valence-electron chi connectivity index (χ0n) is 14.1. The van der Waals surface area contributed by atoms with E-state index in [-0.39, 0.29) is 0 Å². The number of benzene rings is 1. The summed E-state index contributed by atoms with van der Waals surface area (Å²) in [6, 6.07) is 15.9. The maximum absolute atomic E-state index is 11.8. The summed E-state index contributed by atoms with van der Waals surface area (Å²) >= 11 is 0. The van der Waals surface area contributed by atoms with Gasteiger partial charge >= 0.3 is 6.09 Å². The second-order valence-electron chi connectivity index (χ2n) is 6.66. The molecule has 24 heavy (non-hydrogen) atoms. The second kappa shape index (κ2) is 6.35. The molecule has 3 aromatic rings. The Kier molecular flexibility index (Phi) is 4.25. The Hall–Kier alpha value is -2.82. The third-order valence-electron chi connectivity index (χ3n) is 3.45. The molecule has 0 atom stereocenters. The predicted octanol–water partition coefficient (Wildman–Crippen LogP) is 4.43. The van der Waals surface area contributed by atoms with E-state index in [4.69, 9.17) is 4.74 Å². The number of nitrogens with zero attached hydrogens (tertiary/aromatic N) is 2. The maximum atomic E-state index is 11.8. The van der Waals surface area contributed by atoms with Gasteiger partial charge in [0.15, 0.2) is 0 Å². The van der Waals surface area contributed by atoms with Crippen molar-refractivity contribution in [2.24, 2.45) is 0 Å². The fourth-order valence-electron chi connectivity index (χ4n) is 2.47. The van der Waals surface area contributed by atoms with Crippen molar-refractivity contribution in [2.45, 2.75) is 32.9 Å². The molecular formula is C19H21N3O2. The van der Waals surface area contributed by atoms with Crippen LogP contribution in [0.3, 0.4) is 0 Å². The predicted molar refractivity (Wildman–Crippen MR) is 95.1 cm³/mol. The number of amides is 1. The number of carbonyl (C=O) groups is 1. The Morgan fingerprint density at radius 1 is 1.12 bits per heavy atom. The molecule has 0 radical (unpaired) electrons. The highest BCUT2D eigenvalue weighted by Gasteiger charge is 2.16. The highest BCUT2D eigenvalue weighted by Crippen LogP contribution is 2.19. The van der Waals surface area contributed by atoms with Crippen LogP contribution in [0.4, 0.5) is 10.6 Å². The van der Waals surface area contributed by atoms with E-state index in [9.17, 15) is 4.79 Å². The van der Waals surface area contributed by atoms with Gasteiger partial charge in [-0.3, -0.25) is 5.32 Å². The van der Waals surface area contributed by atoms with E-state index in [1.807, 2.05) is 57.3 Å². The lowest BCUT2D eigenvalue weighted by Crippen LogP contribution is -2.27. The summed E-state index contributed by atoms with van der Waals surface area (Å²) in [5, 5.41) is 2.67. The summed E-state index contributed by atoms with van der Waals surface area (Å²) in [4.78, 5) is 16.3. The first kappa shape index (κ1) is 16.1. The summed E-state index contributed by atoms with van der Waals surface area (Å²) in [6.45, 7) is 6.26. The summed E-state index contributed by atoms with van der Waals surface area (Å²) in [5.74, 6) is 0.481. The van der Waals surface area contributed by atoms with Crippen molar-refractivity contribution in [1.29, 1.82) is 0 Å². The van der Waals surface area contributed by atoms with E-state index in [0.717, 1.165) is 17.6 Å². The zero-order chi connectivity index (χ0) is 17.2. The standard InChI is InChI=1S/C19H21N3O2/c1-19(2,3)24-18(23)21-17-10-9-16-15(20-17)11-12-22(16)13-14-7-5-4-6-8-14/h4-12H,13H2,1-3H3,(H,20,21,23). The molecule has 3 rings (SSSR count). The Morgan fingerprint density at radius 2 is 1.88 bits per heavy atom. The first-order valence-corrected chi connectivity index (χ1v) is 7.90. The van der Waals surface area contributed by atoms with Gasteiger partial charge in [-0.2, -0.15) is 0 Å². The molecule has 2 heterocycles. The van der Waals surface area contributed by atoms with Crippen molar-refractivity contribution in [1.82, 2.24) is 9.55 Å². The monoisotopic (exact) mass is 323 g/mol. The highest BCUT2D eigenvalue weighted by atomic mass is 16.6. The third kappa shape index (κ3) is 3.93. The molecule has 0 saturated heterocycles. The average molecular weight is 323 g/mol. The molecule has 2 aromatic heterocycles. The molecular weight excluding hydrogens is 302 g/mol. The number of carbonyl (C=O) groups excluding carboxylic acids is 1. The second-order valence-corrected chi connectivity index (χ2v) is 6.66. The normalized spacial score (nSPS) is 11.5. The van der Waals surface area contributed by atoms with Crippen LogP contribution in [-0.2, 0) is 11.3 Å². The number of ether oxygens (including phenoxy) is 1. The lowest BCUT2D eigenvalue weighted by molar-refractivity contribution is 0.0635. The van der Waals surface area contributed by atoms with Gasteiger partial charge in [-0.05, 0) is 44.5 Å². The van der Waals surface area contributed by atoms with Gasteiger partial charge in [-0.1, -0.05) is 30.3 Å². The van der Waals surface area contributed by atoms with Gasteiger partial charge in [0.05, 0.1) is 11.0 Å². The van der Waals surface area contributed by atoms with E-state index >= 15 is 0 Å². The first-order chi connectivity index (χ1) is 11.4. The lowest BCUT2D eigenvalue weighted by atomic mass is 10.2.